The number of para-hydroxylation sites is 1. The Morgan fingerprint density at radius 1 is 0.758 bits per heavy atom. The molecule has 1 aliphatic carbocycles. The molecule has 4 aromatic rings. The topological polar surface area (TPSA) is 17.4 Å². The zero-order valence-electron chi connectivity index (χ0n) is 19.3. The number of hydrogen-bond donors (Lipinski definition) is 0. The molecule has 1 fully saturated rings. The van der Waals surface area contributed by atoms with Gasteiger partial charge < -0.3 is 9.30 Å². The molecule has 0 spiro atoms. The fraction of sp³-hybridized carbons (Fsp3) is 0.333. The Labute approximate surface area is 196 Å². The molecule has 1 aliphatic heterocycles. The maximum absolute atomic E-state index is 6.06. The van der Waals surface area contributed by atoms with Gasteiger partial charge >= 0.3 is 0 Å². The molecule has 0 unspecified atom stereocenters. The highest BCUT2D eigenvalue weighted by Crippen LogP contribution is 2.40. The summed E-state index contributed by atoms with van der Waals surface area (Å²) >= 11 is 0. The molecular weight excluding hydrogens is 404 g/mol. The summed E-state index contributed by atoms with van der Waals surface area (Å²) in [6.07, 6.45) is 6.28. The van der Waals surface area contributed by atoms with Crippen LogP contribution in [0.3, 0.4) is 0 Å². The van der Waals surface area contributed by atoms with E-state index in [0.717, 1.165) is 38.3 Å². The predicted octanol–water partition coefficient (Wildman–Crippen LogP) is 6.32. The van der Waals surface area contributed by atoms with Crippen molar-refractivity contribution in [1.82, 2.24) is 9.47 Å². The summed E-state index contributed by atoms with van der Waals surface area (Å²) in [5.74, 6) is 0.973. The third-order valence-corrected chi connectivity index (χ3v) is 7.38. The SMILES string of the molecule is c1ccc2c(c1)CCc1c-2n(Cc2ccc(OCCN3CCCCC3)cc2)c2ccccc12. The van der Waals surface area contributed by atoms with Gasteiger partial charge in [-0.05, 0) is 73.7 Å². The molecule has 1 aromatic heterocycles. The summed E-state index contributed by atoms with van der Waals surface area (Å²) in [6, 6.07) is 26.5. The molecular formula is C30H32N2O. The number of aryl methyl sites for hydroxylation is 2. The van der Waals surface area contributed by atoms with Crippen molar-refractivity contribution in [3.05, 3.63) is 89.5 Å². The van der Waals surface area contributed by atoms with Crippen molar-refractivity contribution in [3.63, 3.8) is 0 Å². The van der Waals surface area contributed by atoms with Crippen LogP contribution in [-0.2, 0) is 19.4 Å². The molecule has 1 saturated heterocycles. The van der Waals surface area contributed by atoms with E-state index >= 15 is 0 Å². The second-order valence-corrected chi connectivity index (χ2v) is 9.48. The van der Waals surface area contributed by atoms with Gasteiger partial charge in [-0.2, -0.15) is 0 Å². The summed E-state index contributed by atoms with van der Waals surface area (Å²) in [5.41, 5.74) is 8.41. The second-order valence-electron chi connectivity index (χ2n) is 9.48. The van der Waals surface area contributed by atoms with E-state index in [1.807, 2.05) is 0 Å². The quantitative estimate of drug-likeness (QED) is 0.352. The first kappa shape index (κ1) is 20.6. The third-order valence-electron chi connectivity index (χ3n) is 7.38. The number of piperidine rings is 1. The van der Waals surface area contributed by atoms with Crippen LogP contribution in [0.1, 0.15) is 36.0 Å². The van der Waals surface area contributed by atoms with E-state index < -0.39 is 0 Å². The fourth-order valence-corrected chi connectivity index (χ4v) is 5.68. The van der Waals surface area contributed by atoms with Gasteiger partial charge in [-0.1, -0.05) is 61.0 Å². The summed E-state index contributed by atoms with van der Waals surface area (Å²) in [4.78, 5) is 2.52. The van der Waals surface area contributed by atoms with Gasteiger partial charge in [-0.15, -0.1) is 0 Å². The maximum Gasteiger partial charge on any atom is 0.119 e. The van der Waals surface area contributed by atoms with Crippen molar-refractivity contribution >= 4 is 10.9 Å². The zero-order valence-corrected chi connectivity index (χ0v) is 19.3. The van der Waals surface area contributed by atoms with E-state index in [0.29, 0.717) is 0 Å². The second kappa shape index (κ2) is 9.07. The van der Waals surface area contributed by atoms with Gasteiger partial charge in [0.2, 0.25) is 0 Å². The third kappa shape index (κ3) is 4.06. The maximum atomic E-state index is 6.06. The number of nitrogens with zero attached hydrogens (tertiary/aromatic N) is 2. The molecule has 0 N–H and O–H groups in total. The van der Waals surface area contributed by atoms with Crippen LogP contribution in [0, 0.1) is 0 Å². The highest BCUT2D eigenvalue weighted by Gasteiger charge is 2.23. The molecule has 0 amide bonds. The van der Waals surface area contributed by atoms with Gasteiger partial charge in [0.15, 0.2) is 0 Å². The number of benzene rings is 3. The Balaban J connectivity index is 1.24. The molecule has 3 aromatic carbocycles. The number of likely N-dealkylation sites (tertiary alicyclic amines) is 1. The highest BCUT2D eigenvalue weighted by molar-refractivity contribution is 5.93. The average Bonchev–Trinajstić information content (AvgIpc) is 3.20. The molecule has 6 rings (SSSR count). The molecule has 0 bridgehead atoms. The van der Waals surface area contributed by atoms with Gasteiger partial charge in [-0.3, -0.25) is 4.90 Å². The Hall–Kier alpha value is -3.04. The lowest BCUT2D eigenvalue weighted by atomic mass is 9.89. The van der Waals surface area contributed by atoms with Crippen LogP contribution in [0.2, 0.25) is 0 Å². The molecule has 168 valence electrons. The highest BCUT2D eigenvalue weighted by atomic mass is 16.5. The molecule has 2 aliphatic rings. The Kier molecular flexibility index (Phi) is 5.65. The average molecular weight is 437 g/mol. The molecule has 2 heterocycles. The van der Waals surface area contributed by atoms with E-state index in [1.165, 1.54) is 71.2 Å². The van der Waals surface area contributed by atoms with Crippen LogP contribution in [-0.4, -0.2) is 35.7 Å². The van der Waals surface area contributed by atoms with E-state index in [1.54, 1.807) is 0 Å². The number of rotatable bonds is 6. The van der Waals surface area contributed by atoms with Crippen molar-refractivity contribution in [3.8, 4) is 17.0 Å². The molecule has 0 saturated carbocycles. The minimum Gasteiger partial charge on any atom is -0.492 e. The lowest BCUT2D eigenvalue weighted by Gasteiger charge is -2.26. The van der Waals surface area contributed by atoms with Gasteiger partial charge in [0.1, 0.15) is 12.4 Å². The minimum atomic E-state index is 0.770. The fourth-order valence-electron chi connectivity index (χ4n) is 5.68. The van der Waals surface area contributed by atoms with Crippen molar-refractivity contribution in [2.45, 2.75) is 38.6 Å². The van der Waals surface area contributed by atoms with E-state index in [9.17, 15) is 0 Å². The van der Waals surface area contributed by atoms with E-state index in [2.05, 4.69) is 82.3 Å². The number of ether oxygens (including phenoxy) is 1. The summed E-state index contributed by atoms with van der Waals surface area (Å²) in [6.45, 7) is 5.12. The van der Waals surface area contributed by atoms with Gasteiger partial charge in [-0.25, -0.2) is 0 Å². The first-order valence-electron chi connectivity index (χ1n) is 12.5. The monoisotopic (exact) mass is 436 g/mol. The molecule has 0 atom stereocenters. The van der Waals surface area contributed by atoms with Crippen molar-refractivity contribution in [2.75, 3.05) is 26.2 Å². The lowest BCUT2D eigenvalue weighted by molar-refractivity contribution is 0.183. The van der Waals surface area contributed by atoms with Crippen LogP contribution >= 0.6 is 0 Å². The normalized spacial score (nSPS) is 15.9. The van der Waals surface area contributed by atoms with Crippen LogP contribution in [0.5, 0.6) is 5.75 Å². The Morgan fingerprint density at radius 2 is 1.55 bits per heavy atom. The van der Waals surface area contributed by atoms with Crippen molar-refractivity contribution < 1.29 is 4.74 Å². The summed E-state index contributed by atoms with van der Waals surface area (Å²) in [5, 5.41) is 1.40. The Bertz CT molecular complexity index is 1250. The lowest BCUT2D eigenvalue weighted by Crippen LogP contribution is -2.33. The van der Waals surface area contributed by atoms with Crippen LogP contribution < -0.4 is 4.74 Å². The standard InChI is InChI=1S/C30H32N2O/c1-6-18-31(19-7-1)20-21-33-25-15-12-23(13-16-25)22-32-29-11-5-4-10-27(29)28-17-14-24-8-2-3-9-26(24)30(28)32/h2-5,8-13,15-16H,1,6-7,14,17-22H2. The van der Waals surface area contributed by atoms with Crippen LogP contribution in [0.15, 0.2) is 72.8 Å². The molecule has 33 heavy (non-hydrogen) atoms. The number of aromatic nitrogens is 1. The van der Waals surface area contributed by atoms with Gasteiger partial charge in [0.25, 0.3) is 0 Å². The number of hydrogen-bond acceptors (Lipinski definition) is 2. The summed E-state index contributed by atoms with van der Waals surface area (Å²) in [7, 11) is 0. The molecule has 0 radical (unpaired) electrons. The first-order valence-corrected chi connectivity index (χ1v) is 12.5. The Morgan fingerprint density at radius 3 is 2.42 bits per heavy atom. The van der Waals surface area contributed by atoms with Crippen LogP contribution in [0.25, 0.3) is 22.2 Å². The van der Waals surface area contributed by atoms with Crippen LogP contribution in [0.4, 0.5) is 0 Å². The summed E-state index contributed by atoms with van der Waals surface area (Å²) < 4.78 is 8.58. The van der Waals surface area contributed by atoms with E-state index in [4.69, 9.17) is 4.74 Å². The van der Waals surface area contributed by atoms with E-state index in [-0.39, 0.29) is 0 Å². The van der Waals surface area contributed by atoms with Gasteiger partial charge in [0, 0.05) is 29.6 Å². The van der Waals surface area contributed by atoms with Crippen molar-refractivity contribution in [1.29, 1.82) is 0 Å². The van der Waals surface area contributed by atoms with Gasteiger partial charge in [0.05, 0.1) is 5.69 Å². The molecule has 3 heteroatoms. The predicted molar refractivity (Wildman–Crippen MR) is 136 cm³/mol. The zero-order chi connectivity index (χ0) is 22.0. The van der Waals surface area contributed by atoms with Crippen molar-refractivity contribution in [2.24, 2.45) is 0 Å². The smallest absolute Gasteiger partial charge is 0.119 e. The largest absolute Gasteiger partial charge is 0.492 e. The number of fused-ring (bicyclic) bond motifs is 5. The first-order chi connectivity index (χ1) is 16.4. The molecule has 3 nitrogen and oxygen atoms in total. The minimum absolute atomic E-state index is 0.770.